The summed E-state index contributed by atoms with van der Waals surface area (Å²) in [5, 5.41) is 23.0. The molecule has 8 heteroatoms. The Bertz CT molecular complexity index is 887. The van der Waals surface area contributed by atoms with Gasteiger partial charge in [-0.05, 0) is 31.5 Å². The second-order valence-corrected chi connectivity index (χ2v) is 5.64. The first kappa shape index (κ1) is 19.7. The average Bonchev–Trinajstić information content (AvgIpc) is 2.67. The lowest BCUT2D eigenvalue weighted by Crippen LogP contribution is -2.27. The maximum atomic E-state index is 12.7. The second kappa shape index (κ2) is 8.67. The molecule has 0 heterocycles. The number of rotatable bonds is 7. The fraction of sp³-hybridized carbons (Fsp3) is 0.263. The Morgan fingerprint density at radius 1 is 1.30 bits per heavy atom. The molecule has 0 aromatic heterocycles. The van der Waals surface area contributed by atoms with E-state index < -0.39 is 16.9 Å². The van der Waals surface area contributed by atoms with Gasteiger partial charge in [0.2, 0.25) is 0 Å². The zero-order chi connectivity index (χ0) is 20.0. The predicted molar refractivity (Wildman–Crippen MR) is 97.9 cm³/mol. The fourth-order valence-electron chi connectivity index (χ4n) is 2.51. The smallest absolute Gasteiger partial charge is 0.286 e. The molecular weight excluding hydrogens is 350 g/mol. The van der Waals surface area contributed by atoms with Gasteiger partial charge in [0.05, 0.1) is 42.4 Å². The van der Waals surface area contributed by atoms with Gasteiger partial charge in [-0.15, -0.1) is 0 Å². The first-order valence-electron chi connectivity index (χ1n) is 8.21. The predicted octanol–water partition coefficient (Wildman–Crippen LogP) is 3.36. The Hall–Kier alpha value is -3.60. The summed E-state index contributed by atoms with van der Waals surface area (Å²) in [5.74, 6) is -0.177. The van der Waals surface area contributed by atoms with E-state index in [-0.39, 0.29) is 22.7 Å². The van der Waals surface area contributed by atoms with E-state index in [2.05, 4.69) is 5.32 Å². The molecule has 0 aliphatic rings. The molecule has 0 saturated heterocycles. The van der Waals surface area contributed by atoms with Crippen molar-refractivity contribution in [3.8, 4) is 17.6 Å². The van der Waals surface area contributed by atoms with Crippen molar-refractivity contribution in [2.45, 2.75) is 19.9 Å². The number of nitro benzene ring substituents is 1. The highest BCUT2D eigenvalue weighted by Gasteiger charge is 2.25. The summed E-state index contributed by atoms with van der Waals surface area (Å²) in [6.45, 7) is 3.82. The molecule has 0 saturated carbocycles. The lowest BCUT2D eigenvalue weighted by atomic mass is 10.1. The van der Waals surface area contributed by atoms with Crippen LogP contribution in [-0.2, 0) is 0 Å². The molecule has 1 atom stereocenters. The van der Waals surface area contributed by atoms with Crippen LogP contribution in [0.1, 0.15) is 41.4 Å². The number of hydrogen-bond donors (Lipinski definition) is 1. The second-order valence-electron chi connectivity index (χ2n) is 5.64. The van der Waals surface area contributed by atoms with Gasteiger partial charge in [0.15, 0.2) is 11.5 Å². The highest BCUT2D eigenvalue weighted by Crippen LogP contribution is 2.35. The van der Waals surface area contributed by atoms with E-state index in [0.29, 0.717) is 12.2 Å². The van der Waals surface area contributed by atoms with E-state index in [1.165, 1.54) is 19.2 Å². The van der Waals surface area contributed by atoms with Gasteiger partial charge in [0.1, 0.15) is 5.56 Å². The van der Waals surface area contributed by atoms with Crippen LogP contribution in [0, 0.1) is 21.4 Å². The Kier molecular flexibility index (Phi) is 6.33. The van der Waals surface area contributed by atoms with Crippen LogP contribution >= 0.6 is 0 Å². The van der Waals surface area contributed by atoms with Crippen LogP contribution in [0.15, 0.2) is 36.4 Å². The van der Waals surface area contributed by atoms with Crippen molar-refractivity contribution in [2.24, 2.45) is 0 Å². The molecule has 0 spiro atoms. The van der Waals surface area contributed by atoms with E-state index in [4.69, 9.17) is 14.7 Å². The number of carbonyl (C=O) groups excluding carboxylic acids is 1. The number of ether oxygens (including phenoxy) is 2. The number of hydrogen-bond acceptors (Lipinski definition) is 6. The van der Waals surface area contributed by atoms with E-state index in [9.17, 15) is 14.9 Å². The molecule has 2 aromatic rings. The Balaban J connectivity index is 2.34. The molecule has 0 fully saturated rings. The first-order valence-corrected chi connectivity index (χ1v) is 8.21. The minimum Gasteiger partial charge on any atom is -0.493 e. The molecule has 1 unspecified atom stereocenters. The number of nitriles is 1. The number of benzene rings is 2. The van der Waals surface area contributed by atoms with Crippen molar-refractivity contribution in [1.29, 1.82) is 5.26 Å². The topological polar surface area (TPSA) is 114 Å². The number of amides is 1. The third-order valence-electron chi connectivity index (χ3n) is 3.91. The van der Waals surface area contributed by atoms with Gasteiger partial charge in [0, 0.05) is 6.07 Å². The van der Waals surface area contributed by atoms with Gasteiger partial charge < -0.3 is 14.8 Å². The molecule has 0 radical (unpaired) electrons. The number of carbonyl (C=O) groups is 1. The molecule has 0 bridgehead atoms. The first-order chi connectivity index (χ1) is 12.9. The van der Waals surface area contributed by atoms with Crippen LogP contribution in [-0.4, -0.2) is 24.5 Å². The lowest BCUT2D eigenvalue weighted by Gasteiger charge is -2.16. The number of methoxy groups -OCH3 is 1. The van der Waals surface area contributed by atoms with Crippen molar-refractivity contribution in [2.75, 3.05) is 13.7 Å². The molecule has 0 aliphatic carbocycles. The molecule has 27 heavy (non-hydrogen) atoms. The highest BCUT2D eigenvalue weighted by atomic mass is 16.6. The minimum absolute atomic E-state index is 0.121. The summed E-state index contributed by atoms with van der Waals surface area (Å²) >= 11 is 0. The van der Waals surface area contributed by atoms with Crippen molar-refractivity contribution < 1.29 is 19.2 Å². The minimum atomic E-state index is -0.639. The van der Waals surface area contributed by atoms with Crippen molar-refractivity contribution in [3.05, 3.63) is 63.2 Å². The zero-order valence-corrected chi connectivity index (χ0v) is 15.2. The number of nitrogens with zero attached hydrogens (tertiary/aromatic N) is 2. The molecule has 1 amide bonds. The van der Waals surface area contributed by atoms with E-state index >= 15 is 0 Å². The SMILES string of the molecule is CCOc1cc(C(=O)NC(C)c2ccc(C#N)cc2)c([N+](=O)[O-])cc1OC. The van der Waals surface area contributed by atoms with Gasteiger partial charge in [-0.1, -0.05) is 12.1 Å². The summed E-state index contributed by atoms with van der Waals surface area (Å²) in [5.41, 5.74) is 0.776. The quantitative estimate of drug-likeness (QED) is 0.591. The van der Waals surface area contributed by atoms with E-state index in [1.54, 1.807) is 38.1 Å². The third kappa shape index (κ3) is 4.52. The summed E-state index contributed by atoms with van der Waals surface area (Å²) in [6.07, 6.45) is 0. The van der Waals surface area contributed by atoms with Crippen LogP contribution in [0.25, 0.3) is 0 Å². The van der Waals surface area contributed by atoms with Crippen molar-refractivity contribution >= 4 is 11.6 Å². The van der Waals surface area contributed by atoms with E-state index in [0.717, 1.165) is 5.56 Å². The van der Waals surface area contributed by atoms with Crippen molar-refractivity contribution in [1.82, 2.24) is 5.32 Å². The molecule has 2 aromatic carbocycles. The molecule has 140 valence electrons. The number of nitro groups is 1. The van der Waals surface area contributed by atoms with Gasteiger partial charge in [-0.25, -0.2) is 0 Å². The van der Waals surface area contributed by atoms with Crippen molar-refractivity contribution in [3.63, 3.8) is 0 Å². The van der Waals surface area contributed by atoms with Crippen LogP contribution in [0.3, 0.4) is 0 Å². The molecular formula is C19H19N3O5. The summed E-state index contributed by atoms with van der Waals surface area (Å²) in [6, 6.07) is 10.8. The van der Waals surface area contributed by atoms with Crippen LogP contribution < -0.4 is 14.8 Å². The summed E-state index contributed by atoms with van der Waals surface area (Å²) in [4.78, 5) is 23.4. The van der Waals surface area contributed by atoms with Crippen LogP contribution in [0.5, 0.6) is 11.5 Å². The standard InChI is InChI=1S/C19H19N3O5/c1-4-27-18-9-15(16(22(24)25)10-17(18)26-3)19(23)21-12(2)14-7-5-13(11-20)6-8-14/h5-10,12H,4H2,1-3H3,(H,21,23). The third-order valence-corrected chi connectivity index (χ3v) is 3.91. The maximum Gasteiger partial charge on any atom is 0.286 e. The normalized spacial score (nSPS) is 11.2. The number of nitrogens with one attached hydrogen (secondary N) is 1. The van der Waals surface area contributed by atoms with Gasteiger partial charge in [-0.3, -0.25) is 14.9 Å². The Labute approximate surface area is 156 Å². The molecule has 2 rings (SSSR count). The zero-order valence-electron chi connectivity index (χ0n) is 15.2. The average molecular weight is 369 g/mol. The van der Waals surface area contributed by atoms with E-state index in [1.807, 2.05) is 6.07 Å². The Morgan fingerprint density at radius 2 is 1.96 bits per heavy atom. The molecule has 1 N–H and O–H groups in total. The maximum absolute atomic E-state index is 12.7. The summed E-state index contributed by atoms with van der Waals surface area (Å²) in [7, 11) is 1.37. The summed E-state index contributed by atoms with van der Waals surface area (Å²) < 4.78 is 10.5. The van der Waals surface area contributed by atoms with Crippen LogP contribution in [0.2, 0.25) is 0 Å². The monoisotopic (exact) mass is 369 g/mol. The van der Waals surface area contributed by atoms with Gasteiger partial charge >= 0.3 is 0 Å². The lowest BCUT2D eigenvalue weighted by molar-refractivity contribution is -0.385. The molecule has 8 nitrogen and oxygen atoms in total. The largest absolute Gasteiger partial charge is 0.493 e. The Morgan fingerprint density at radius 3 is 2.48 bits per heavy atom. The highest BCUT2D eigenvalue weighted by molar-refractivity contribution is 5.99. The van der Waals surface area contributed by atoms with Gasteiger partial charge in [-0.2, -0.15) is 5.26 Å². The van der Waals surface area contributed by atoms with Gasteiger partial charge in [0.25, 0.3) is 11.6 Å². The fourth-order valence-corrected chi connectivity index (χ4v) is 2.51. The molecule has 0 aliphatic heterocycles. The van der Waals surface area contributed by atoms with Crippen LogP contribution in [0.4, 0.5) is 5.69 Å².